The molecule has 3 aromatic rings. The van der Waals surface area contributed by atoms with Crippen LogP contribution in [0.2, 0.25) is 0 Å². The van der Waals surface area contributed by atoms with Gasteiger partial charge in [-0.15, -0.1) is 0 Å². The predicted molar refractivity (Wildman–Crippen MR) is 103 cm³/mol. The maximum absolute atomic E-state index is 12.2. The molecular weight excluding hydrogens is 344 g/mol. The molecule has 1 unspecified atom stereocenters. The summed E-state index contributed by atoms with van der Waals surface area (Å²) in [5, 5.41) is 17.4. The SMILES string of the molecule is CCCC(NC(=O)CCc1c(C)nc2c3ccccc3nn2c1C)C(=O)O. The lowest BCUT2D eigenvalue weighted by atomic mass is 10.1. The van der Waals surface area contributed by atoms with Crippen LogP contribution in [-0.2, 0) is 16.0 Å². The molecule has 2 N–H and O–H groups in total. The smallest absolute Gasteiger partial charge is 0.326 e. The lowest BCUT2D eigenvalue weighted by Gasteiger charge is -2.14. The number of fused-ring (bicyclic) bond motifs is 3. The number of nitrogens with one attached hydrogen (secondary N) is 1. The summed E-state index contributed by atoms with van der Waals surface area (Å²) in [6, 6.07) is 7.02. The summed E-state index contributed by atoms with van der Waals surface area (Å²) in [4.78, 5) is 28.1. The van der Waals surface area contributed by atoms with Crippen molar-refractivity contribution in [1.29, 1.82) is 0 Å². The van der Waals surface area contributed by atoms with E-state index in [1.807, 2.05) is 49.6 Å². The average Bonchev–Trinajstić information content (AvgIpc) is 3.00. The van der Waals surface area contributed by atoms with E-state index in [0.717, 1.165) is 33.5 Å². The number of carbonyl (C=O) groups excluding carboxylic acids is 1. The summed E-state index contributed by atoms with van der Waals surface area (Å²) >= 11 is 0. The van der Waals surface area contributed by atoms with Gasteiger partial charge in [0.1, 0.15) is 6.04 Å². The minimum absolute atomic E-state index is 0.211. The Morgan fingerprint density at radius 1 is 1.26 bits per heavy atom. The lowest BCUT2D eigenvalue weighted by molar-refractivity contribution is -0.142. The van der Waals surface area contributed by atoms with Crippen molar-refractivity contribution in [2.75, 3.05) is 0 Å². The third kappa shape index (κ3) is 3.77. The van der Waals surface area contributed by atoms with Crippen LogP contribution in [0.15, 0.2) is 24.3 Å². The molecule has 3 rings (SSSR count). The molecule has 0 radical (unpaired) electrons. The number of aliphatic carboxylic acids is 1. The first-order chi connectivity index (χ1) is 12.9. The third-order valence-electron chi connectivity index (χ3n) is 4.83. The summed E-state index contributed by atoms with van der Waals surface area (Å²) in [5.74, 6) is -1.26. The van der Waals surface area contributed by atoms with Gasteiger partial charge in [0.2, 0.25) is 5.91 Å². The van der Waals surface area contributed by atoms with Crippen LogP contribution in [0.25, 0.3) is 16.6 Å². The second kappa shape index (κ2) is 7.73. The van der Waals surface area contributed by atoms with Crippen molar-refractivity contribution in [3.8, 4) is 0 Å². The molecule has 2 aromatic heterocycles. The topological polar surface area (TPSA) is 96.6 Å². The number of hydrogen-bond acceptors (Lipinski definition) is 4. The number of amides is 1. The number of hydrogen-bond donors (Lipinski definition) is 2. The van der Waals surface area contributed by atoms with Gasteiger partial charge < -0.3 is 10.4 Å². The number of carbonyl (C=O) groups is 2. The number of nitrogens with zero attached hydrogens (tertiary/aromatic N) is 3. The van der Waals surface area contributed by atoms with Crippen LogP contribution >= 0.6 is 0 Å². The van der Waals surface area contributed by atoms with Crippen LogP contribution in [-0.4, -0.2) is 37.6 Å². The Kier molecular flexibility index (Phi) is 5.39. The highest BCUT2D eigenvalue weighted by Crippen LogP contribution is 2.22. The van der Waals surface area contributed by atoms with Gasteiger partial charge in [-0.25, -0.2) is 14.3 Å². The van der Waals surface area contributed by atoms with Crippen LogP contribution in [0.5, 0.6) is 0 Å². The van der Waals surface area contributed by atoms with Gasteiger partial charge in [-0.3, -0.25) is 4.79 Å². The van der Waals surface area contributed by atoms with E-state index in [2.05, 4.69) is 10.4 Å². The van der Waals surface area contributed by atoms with E-state index in [1.165, 1.54) is 0 Å². The van der Waals surface area contributed by atoms with E-state index in [9.17, 15) is 14.7 Å². The summed E-state index contributed by atoms with van der Waals surface area (Å²) in [6.07, 6.45) is 1.82. The van der Waals surface area contributed by atoms with E-state index in [-0.39, 0.29) is 12.3 Å². The molecule has 0 aliphatic carbocycles. The first-order valence-electron chi connectivity index (χ1n) is 9.18. The van der Waals surface area contributed by atoms with Gasteiger partial charge in [0.25, 0.3) is 0 Å². The van der Waals surface area contributed by atoms with Crippen molar-refractivity contribution in [3.63, 3.8) is 0 Å². The minimum Gasteiger partial charge on any atom is -0.480 e. The first-order valence-corrected chi connectivity index (χ1v) is 9.18. The lowest BCUT2D eigenvalue weighted by Crippen LogP contribution is -2.40. The van der Waals surface area contributed by atoms with Crippen LogP contribution in [0.4, 0.5) is 0 Å². The first kappa shape index (κ1) is 18.8. The molecule has 1 aromatic carbocycles. The van der Waals surface area contributed by atoms with Gasteiger partial charge >= 0.3 is 5.97 Å². The Balaban J connectivity index is 1.82. The molecule has 27 heavy (non-hydrogen) atoms. The molecule has 142 valence electrons. The van der Waals surface area contributed by atoms with Gasteiger partial charge in [-0.1, -0.05) is 25.5 Å². The molecule has 0 spiro atoms. The molecule has 1 atom stereocenters. The van der Waals surface area contributed by atoms with Gasteiger partial charge in [-0.2, -0.15) is 5.10 Å². The van der Waals surface area contributed by atoms with E-state index in [4.69, 9.17) is 4.98 Å². The molecule has 1 amide bonds. The fourth-order valence-electron chi connectivity index (χ4n) is 3.39. The zero-order chi connectivity index (χ0) is 19.6. The van der Waals surface area contributed by atoms with Gasteiger partial charge in [0.15, 0.2) is 5.65 Å². The van der Waals surface area contributed by atoms with Crippen molar-refractivity contribution in [1.82, 2.24) is 19.9 Å². The standard InChI is InChI=1S/C20H24N4O3/c1-4-7-17(20(26)27)22-18(25)11-10-14-12(2)21-19-15-8-5-6-9-16(15)23-24(19)13(14)3/h5-6,8-9,17H,4,7,10-11H2,1-3H3,(H,22,25)(H,26,27). The quantitative estimate of drug-likeness (QED) is 0.668. The largest absolute Gasteiger partial charge is 0.480 e. The molecule has 0 aliphatic heterocycles. The summed E-state index contributed by atoms with van der Waals surface area (Å²) in [7, 11) is 0. The van der Waals surface area contributed by atoms with Crippen molar-refractivity contribution in [3.05, 3.63) is 41.2 Å². The average molecular weight is 368 g/mol. The van der Waals surface area contributed by atoms with Crippen LogP contribution in [0, 0.1) is 13.8 Å². The third-order valence-corrected chi connectivity index (χ3v) is 4.83. The fraction of sp³-hybridized carbons (Fsp3) is 0.400. The summed E-state index contributed by atoms with van der Waals surface area (Å²) in [5.41, 5.74) is 4.47. The zero-order valence-corrected chi connectivity index (χ0v) is 15.8. The molecule has 2 heterocycles. The maximum atomic E-state index is 12.2. The van der Waals surface area contributed by atoms with Gasteiger partial charge in [-0.05, 0) is 44.4 Å². The molecule has 7 nitrogen and oxygen atoms in total. The predicted octanol–water partition coefficient (Wildman–Crippen LogP) is 2.80. The van der Waals surface area contributed by atoms with E-state index in [0.29, 0.717) is 19.3 Å². The number of benzene rings is 1. The molecule has 7 heteroatoms. The fourth-order valence-corrected chi connectivity index (χ4v) is 3.39. The highest BCUT2D eigenvalue weighted by molar-refractivity contribution is 5.92. The Bertz CT molecular complexity index is 1010. The van der Waals surface area contributed by atoms with E-state index >= 15 is 0 Å². The van der Waals surface area contributed by atoms with Gasteiger partial charge in [0.05, 0.1) is 5.52 Å². The van der Waals surface area contributed by atoms with E-state index < -0.39 is 12.0 Å². The zero-order valence-electron chi connectivity index (χ0n) is 15.8. The Morgan fingerprint density at radius 2 is 2.00 bits per heavy atom. The van der Waals surface area contributed by atoms with Crippen molar-refractivity contribution >= 4 is 28.4 Å². The number of carboxylic acid groups (broad SMARTS) is 1. The van der Waals surface area contributed by atoms with Crippen molar-refractivity contribution in [2.24, 2.45) is 0 Å². The highest BCUT2D eigenvalue weighted by atomic mass is 16.4. The van der Waals surface area contributed by atoms with Crippen molar-refractivity contribution in [2.45, 2.75) is 52.5 Å². The number of carboxylic acids is 1. The normalized spacial score (nSPS) is 12.4. The van der Waals surface area contributed by atoms with Crippen LogP contribution in [0.3, 0.4) is 0 Å². The summed E-state index contributed by atoms with van der Waals surface area (Å²) in [6.45, 7) is 5.79. The molecule has 0 fully saturated rings. The number of rotatable bonds is 7. The van der Waals surface area contributed by atoms with Crippen molar-refractivity contribution < 1.29 is 14.7 Å². The Labute approximate surface area is 157 Å². The van der Waals surface area contributed by atoms with E-state index in [1.54, 1.807) is 0 Å². The maximum Gasteiger partial charge on any atom is 0.326 e. The number of aromatic nitrogens is 3. The molecule has 0 saturated heterocycles. The second-order valence-corrected chi connectivity index (χ2v) is 6.76. The highest BCUT2D eigenvalue weighted by Gasteiger charge is 2.20. The molecule has 0 saturated carbocycles. The molecule has 0 aliphatic rings. The number of aryl methyl sites for hydroxylation is 2. The van der Waals surface area contributed by atoms with Crippen LogP contribution < -0.4 is 5.32 Å². The summed E-state index contributed by atoms with van der Waals surface area (Å²) < 4.78 is 1.82. The minimum atomic E-state index is -0.996. The second-order valence-electron chi connectivity index (χ2n) is 6.76. The monoisotopic (exact) mass is 368 g/mol. The van der Waals surface area contributed by atoms with Gasteiger partial charge in [0, 0.05) is 23.2 Å². The Morgan fingerprint density at radius 3 is 2.70 bits per heavy atom. The molecular formula is C20H24N4O3. The van der Waals surface area contributed by atoms with Crippen LogP contribution in [0.1, 0.15) is 43.1 Å². The Hall–Kier alpha value is -2.96. The molecule has 0 bridgehead atoms.